The summed E-state index contributed by atoms with van der Waals surface area (Å²) in [6.07, 6.45) is 1.49. The Morgan fingerprint density at radius 3 is 2.50 bits per heavy atom. The van der Waals surface area contributed by atoms with Crippen LogP contribution in [0.1, 0.15) is 5.56 Å². The highest BCUT2D eigenvalue weighted by Gasteiger charge is 2.10. The Morgan fingerprint density at radius 2 is 1.73 bits per heavy atom. The number of ether oxygens (including phenoxy) is 1. The van der Waals surface area contributed by atoms with Crippen LogP contribution in [0.25, 0.3) is 0 Å². The van der Waals surface area contributed by atoms with Crippen LogP contribution < -0.4 is 15.4 Å². The number of aromatic nitrogens is 1. The molecule has 3 aromatic rings. The maximum atomic E-state index is 13.2. The predicted octanol–water partition coefficient (Wildman–Crippen LogP) is 4.58. The molecule has 0 saturated carbocycles. The van der Waals surface area contributed by atoms with Crippen LogP contribution in [0.4, 0.5) is 25.1 Å². The highest BCUT2D eigenvalue weighted by molar-refractivity contribution is 5.99. The molecule has 0 bridgehead atoms. The maximum absolute atomic E-state index is 13.2. The molecule has 0 atom stereocenters. The van der Waals surface area contributed by atoms with Gasteiger partial charge in [0.15, 0.2) is 11.6 Å². The zero-order valence-corrected chi connectivity index (χ0v) is 13.6. The summed E-state index contributed by atoms with van der Waals surface area (Å²) < 4.78 is 32.0. The molecule has 3 rings (SSSR count). The number of rotatable bonds is 5. The van der Waals surface area contributed by atoms with Crippen LogP contribution in [-0.4, -0.2) is 11.0 Å². The summed E-state index contributed by atoms with van der Waals surface area (Å²) in [5, 5.41) is 5.05. The Bertz CT molecular complexity index is 919. The van der Waals surface area contributed by atoms with Crippen molar-refractivity contribution in [1.29, 1.82) is 0 Å². The molecule has 1 heterocycles. The van der Waals surface area contributed by atoms with E-state index in [0.717, 1.165) is 0 Å². The quantitative estimate of drug-likeness (QED) is 0.704. The number of halogens is 2. The van der Waals surface area contributed by atoms with E-state index in [1.165, 1.54) is 36.5 Å². The van der Waals surface area contributed by atoms with Crippen molar-refractivity contribution in [3.8, 4) is 5.75 Å². The number of benzene rings is 2. The predicted molar refractivity (Wildman–Crippen MR) is 94.0 cm³/mol. The average molecular weight is 355 g/mol. The Hall–Kier alpha value is -3.48. The summed E-state index contributed by atoms with van der Waals surface area (Å²) in [5.41, 5.74) is 0.949. The van der Waals surface area contributed by atoms with Crippen LogP contribution in [0.15, 0.2) is 66.9 Å². The minimum absolute atomic E-state index is 0.115. The second-order valence-corrected chi connectivity index (χ2v) is 5.36. The number of anilines is 2. The molecule has 0 aliphatic heterocycles. The Morgan fingerprint density at radius 1 is 0.962 bits per heavy atom. The fourth-order valence-electron chi connectivity index (χ4n) is 2.22. The van der Waals surface area contributed by atoms with Gasteiger partial charge in [-0.15, -0.1) is 0 Å². The fourth-order valence-corrected chi connectivity index (χ4v) is 2.22. The number of nitrogens with zero attached hydrogens (tertiary/aromatic N) is 1. The van der Waals surface area contributed by atoms with Crippen molar-refractivity contribution in [2.24, 2.45) is 0 Å². The van der Waals surface area contributed by atoms with Crippen LogP contribution in [0.3, 0.4) is 0 Å². The van der Waals surface area contributed by atoms with Gasteiger partial charge in [0, 0.05) is 11.9 Å². The normalized spacial score (nSPS) is 10.2. The highest BCUT2D eigenvalue weighted by atomic mass is 19.1. The zero-order valence-electron chi connectivity index (χ0n) is 13.6. The average Bonchev–Trinajstić information content (AvgIpc) is 2.61. The molecule has 5 nitrogen and oxygen atoms in total. The number of hydrogen-bond donors (Lipinski definition) is 2. The monoisotopic (exact) mass is 355 g/mol. The van der Waals surface area contributed by atoms with Crippen LogP contribution in [-0.2, 0) is 6.61 Å². The van der Waals surface area contributed by atoms with Crippen molar-refractivity contribution in [2.75, 3.05) is 10.6 Å². The molecule has 0 saturated heterocycles. The first-order valence-corrected chi connectivity index (χ1v) is 7.76. The lowest BCUT2D eigenvalue weighted by Gasteiger charge is -2.12. The van der Waals surface area contributed by atoms with Gasteiger partial charge in [0.1, 0.15) is 18.2 Å². The molecule has 1 aromatic heterocycles. The van der Waals surface area contributed by atoms with E-state index in [1.807, 2.05) is 0 Å². The molecule has 2 N–H and O–H groups in total. The lowest BCUT2D eigenvalue weighted by Crippen LogP contribution is -2.20. The smallest absolute Gasteiger partial charge is 0.324 e. The second kappa shape index (κ2) is 8.06. The summed E-state index contributed by atoms with van der Waals surface area (Å²) in [4.78, 5) is 16.1. The zero-order chi connectivity index (χ0) is 18.4. The largest absolute Gasteiger partial charge is 0.485 e. The molecule has 0 radical (unpaired) electrons. The lowest BCUT2D eigenvalue weighted by molar-refractivity contribution is 0.261. The van der Waals surface area contributed by atoms with Gasteiger partial charge >= 0.3 is 6.03 Å². The van der Waals surface area contributed by atoms with E-state index in [1.54, 1.807) is 30.3 Å². The van der Waals surface area contributed by atoms with Gasteiger partial charge < -0.3 is 10.1 Å². The van der Waals surface area contributed by atoms with Gasteiger partial charge in [0.2, 0.25) is 0 Å². The number of amides is 2. The molecule has 0 unspecified atom stereocenters. The van der Waals surface area contributed by atoms with Gasteiger partial charge in [-0.3, -0.25) is 5.32 Å². The standard InChI is InChI=1S/C19H15F2N3O2/c20-14-5-1-4-13(10-14)12-26-17-8-3-9-22-18(17)24-19(25)23-16-7-2-6-15(21)11-16/h1-11H,12H2,(H2,22,23,24,25). The Labute approximate surface area is 148 Å². The maximum Gasteiger partial charge on any atom is 0.324 e. The van der Waals surface area contributed by atoms with E-state index >= 15 is 0 Å². The molecule has 0 aliphatic rings. The molecule has 26 heavy (non-hydrogen) atoms. The van der Waals surface area contributed by atoms with E-state index in [-0.39, 0.29) is 18.2 Å². The molecular weight excluding hydrogens is 340 g/mol. The summed E-state index contributed by atoms with van der Waals surface area (Å²) >= 11 is 0. The molecule has 2 amide bonds. The van der Waals surface area contributed by atoms with E-state index in [0.29, 0.717) is 17.0 Å². The third kappa shape index (κ3) is 4.76. The van der Waals surface area contributed by atoms with Gasteiger partial charge in [-0.1, -0.05) is 18.2 Å². The van der Waals surface area contributed by atoms with E-state index in [4.69, 9.17) is 4.74 Å². The molecule has 0 spiro atoms. The van der Waals surface area contributed by atoms with Gasteiger partial charge in [0.05, 0.1) is 0 Å². The number of nitrogens with one attached hydrogen (secondary N) is 2. The first kappa shape index (κ1) is 17.3. The van der Waals surface area contributed by atoms with Crippen molar-refractivity contribution in [3.63, 3.8) is 0 Å². The first-order chi connectivity index (χ1) is 12.6. The SMILES string of the molecule is O=C(Nc1cccc(F)c1)Nc1ncccc1OCc1cccc(F)c1. The van der Waals surface area contributed by atoms with Crippen molar-refractivity contribution in [3.05, 3.63) is 84.1 Å². The van der Waals surface area contributed by atoms with Crippen LogP contribution in [0.2, 0.25) is 0 Å². The molecular formula is C19H15F2N3O2. The molecule has 2 aromatic carbocycles. The van der Waals surface area contributed by atoms with Gasteiger partial charge in [-0.2, -0.15) is 0 Å². The van der Waals surface area contributed by atoms with Crippen LogP contribution in [0.5, 0.6) is 5.75 Å². The van der Waals surface area contributed by atoms with E-state index < -0.39 is 11.8 Å². The summed E-state index contributed by atoms with van der Waals surface area (Å²) in [5.74, 6) is -0.297. The highest BCUT2D eigenvalue weighted by Crippen LogP contribution is 2.22. The number of pyridine rings is 1. The van der Waals surface area contributed by atoms with Crippen LogP contribution in [0, 0.1) is 11.6 Å². The summed E-state index contributed by atoms with van der Waals surface area (Å²) in [7, 11) is 0. The minimum atomic E-state index is -0.593. The Balaban J connectivity index is 1.65. The summed E-state index contributed by atoms with van der Waals surface area (Å²) in [6.45, 7) is 0.115. The van der Waals surface area contributed by atoms with Gasteiger partial charge in [-0.05, 0) is 48.0 Å². The van der Waals surface area contributed by atoms with Crippen molar-refractivity contribution in [1.82, 2.24) is 4.98 Å². The van der Waals surface area contributed by atoms with Crippen molar-refractivity contribution in [2.45, 2.75) is 6.61 Å². The number of hydrogen-bond acceptors (Lipinski definition) is 3. The topological polar surface area (TPSA) is 63.2 Å². The number of urea groups is 1. The fraction of sp³-hybridized carbons (Fsp3) is 0.0526. The third-order valence-electron chi connectivity index (χ3n) is 3.37. The molecule has 132 valence electrons. The lowest BCUT2D eigenvalue weighted by atomic mass is 10.2. The van der Waals surface area contributed by atoms with E-state index in [2.05, 4.69) is 15.6 Å². The van der Waals surface area contributed by atoms with Crippen LogP contribution >= 0.6 is 0 Å². The second-order valence-electron chi connectivity index (χ2n) is 5.36. The first-order valence-electron chi connectivity index (χ1n) is 7.76. The minimum Gasteiger partial charge on any atom is -0.485 e. The number of carbonyl (C=O) groups excluding carboxylic acids is 1. The van der Waals surface area contributed by atoms with Gasteiger partial charge in [0.25, 0.3) is 0 Å². The summed E-state index contributed by atoms with van der Waals surface area (Å²) in [6, 6.07) is 14.2. The molecule has 0 aliphatic carbocycles. The number of carbonyl (C=O) groups is 1. The molecule has 0 fully saturated rings. The van der Waals surface area contributed by atoms with Crippen molar-refractivity contribution >= 4 is 17.5 Å². The third-order valence-corrected chi connectivity index (χ3v) is 3.37. The van der Waals surface area contributed by atoms with Gasteiger partial charge in [-0.25, -0.2) is 18.6 Å². The Kier molecular flexibility index (Phi) is 5.38. The molecule has 7 heteroatoms. The van der Waals surface area contributed by atoms with Crippen molar-refractivity contribution < 1.29 is 18.3 Å². The van der Waals surface area contributed by atoms with E-state index in [9.17, 15) is 13.6 Å².